The number of aromatic nitrogens is 4. The lowest BCUT2D eigenvalue weighted by molar-refractivity contribution is 0.0996. The van der Waals surface area contributed by atoms with E-state index in [0.29, 0.717) is 47.9 Å². The van der Waals surface area contributed by atoms with Gasteiger partial charge in [0.05, 0.1) is 30.7 Å². The van der Waals surface area contributed by atoms with Gasteiger partial charge in [0, 0.05) is 37.8 Å². The van der Waals surface area contributed by atoms with Crippen LogP contribution in [0.4, 0.5) is 11.6 Å². The monoisotopic (exact) mass is 569 g/mol. The minimum atomic E-state index is -0.0798. The number of aryl methyl sites for hydroxylation is 1. The van der Waals surface area contributed by atoms with E-state index < -0.39 is 0 Å². The Hall–Kier alpha value is -5.06. The number of hydrogen-bond acceptors (Lipinski definition) is 8. The molecule has 1 aliphatic carbocycles. The number of amides is 1. The van der Waals surface area contributed by atoms with E-state index in [2.05, 4.69) is 44.7 Å². The summed E-state index contributed by atoms with van der Waals surface area (Å²) in [6.07, 6.45) is 5.92. The molecule has 0 unspecified atom stereocenters. The van der Waals surface area contributed by atoms with Crippen LogP contribution in [0.2, 0.25) is 0 Å². The molecule has 1 amide bonds. The third-order valence-corrected chi connectivity index (χ3v) is 8.90. The number of pyridine rings is 1. The number of benzene rings is 2. The number of fused-ring (bicyclic) bond motifs is 1. The average molecular weight is 570 g/mol. The van der Waals surface area contributed by atoms with Gasteiger partial charge >= 0.3 is 0 Å². The fourth-order valence-electron chi connectivity index (χ4n) is 6.36. The second-order valence-corrected chi connectivity index (χ2v) is 11.9. The minimum absolute atomic E-state index is 0.0798. The van der Waals surface area contributed by atoms with Gasteiger partial charge in [0.15, 0.2) is 5.82 Å². The van der Waals surface area contributed by atoms with Gasteiger partial charge < -0.3 is 9.88 Å². The van der Waals surface area contributed by atoms with Crippen molar-refractivity contribution >= 4 is 17.5 Å². The molecule has 2 fully saturated rings. The first kappa shape index (κ1) is 26.8. The van der Waals surface area contributed by atoms with Crippen LogP contribution in [-0.4, -0.2) is 50.2 Å². The quantitative estimate of drug-likeness (QED) is 0.297. The van der Waals surface area contributed by atoms with Crippen molar-refractivity contribution in [3.8, 4) is 34.7 Å². The zero-order valence-corrected chi connectivity index (χ0v) is 24.0. The van der Waals surface area contributed by atoms with Crippen molar-refractivity contribution in [2.75, 3.05) is 29.9 Å². The van der Waals surface area contributed by atoms with Crippen LogP contribution in [0.3, 0.4) is 0 Å². The molecule has 1 N–H and O–H groups in total. The van der Waals surface area contributed by atoms with Gasteiger partial charge in [0.25, 0.3) is 5.91 Å². The molecule has 0 bridgehead atoms. The standard InChI is InChI=1S/C33H31N9O/c1-40-21-37-39-31(40)26-6-4-22(17-35)13-27(26)25-15-29(36-11-2-10-34)38-30(16-25)42-19-24-5-3-23(14-28(24)32(42)43)18-41-12-9-33(20-41)7-8-33/h3-6,13-16,21H,2,7-9,11-12,18-20H2,1H3,(H,36,38). The summed E-state index contributed by atoms with van der Waals surface area (Å²) in [5, 5.41) is 30.4. The molecule has 0 atom stereocenters. The van der Waals surface area contributed by atoms with Gasteiger partial charge in [-0.3, -0.25) is 14.6 Å². The predicted molar refractivity (Wildman–Crippen MR) is 162 cm³/mol. The lowest BCUT2D eigenvalue weighted by atomic mass is 9.97. The summed E-state index contributed by atoms with van der Waals surface area (Å²) in [6, 6.07) is 19.9. The van der Waals surface area contributed by atoms with Crippen molar-refractivity contribution in [2.24, 2.45) is 12.5 Å². The van der Waals surface area contributed by atoms with E-state index in [9.17, 15) is 10.1 Å². The lowest BCUT2D eigenvalue weighted by Gasteiger charge is -2.19. The number of anilines is 2. The topological polar surface area (TPSA) is 127 Å². The second kappa shape index (κ2) is 10.6. The average Bonchev–Trinajstić information content (AvgIpc) is 3.28. The van der Waals surface area contributed by atoms with E-state index in [1.165, 1.54) is 19.3 Å². The Morgan fingerprint density at radius 2 is 1.91 bits per heavy atom. The molecule has 214 valence electrons. The number of likely N-dealkylation sites (tertiary alicyclic amines) is 1. The number of nitrogens with zero attached hydrogens (tertiary/aromatic N) is 8. The predicted octanol–water partition coefficient (Wildman–Crippen LogP) is 4.89. The first-order valence-electron chi connectivity index (χ1n) is 14.6. The van der Waals surface area contributed by atoms with Crippen LogP contribution in [0.1, 0.15) is 52.7 Å². The molecule has 0 radical (unpaired) electrons. The number of carbonyl (C=O) groups excluding carboxylic acids is 1. The van der Waals surface area contributed by atoms with E-state index >= 15 is 0 Å². The van der Waals surface area contributed by atoms with Gasteiger partial charge in [-0.2, -0.15) is 10.5 Å². The largest absolute Gasteiger partial charge is 0.369 e. The van der Waals surface area contributed by atoms with Crippen molar-refractivity contribution in [3.63, 3.8) is 0 Å². The molecule has 43 heavy (non-hydrogen) atoms. The molecule has 4 aromatic rings. The summed E-state index contributed by atoms with van der Waals surface area (Å²) in [5.41, 5.74) is 6.27. The van der Waals surface area contributed by atoms with E-state index in [1.807, 2.05) is 41.9 Å². The third kappa shape index (κ3) is 5.11. The highest BCUT2D eigenvalue weighted by Gasteiger charge is 2.47. The lowest BCUT2D eigenvalue weighted by Crippen LogP contribution is -2.24. The van der Waals surface area contributed by atoms with Crippen molar-refractivity contribution in [2.45, 2.75) is 38.8 Å². The first-order chi connectivity index (χ1) is 20.9. The van der Waals surface area contributed by atoms with Crippen LogP contribution in [0.25, 0.3) is 22.5 Å². The van der Waals surface area contributed by atoms with E-state index in [1.54, 1.807) is 17.3 Å². The molecule has 2 aromatic carbocycles. The Labute approximate surface area is 250 Å². The van der Waals surface area contributed by atoms with Crippen LogP contribution in [0, 0.1) is 28.1 Å². The Bertz CT molecular complexity index is 1820. The number of hydrogen-bond donors (Lipinski definition) is 1. The highest BCUT2D eigenvalue weighted by atomic mass is 16.2. The molecular formula is C33H31N9O. The Kier molecular flexibility index (Phi) is 6.64. The number of rotatable bonds is 8. The maximum atomic E-state index is 13.9. The van der Waals surface area contributed by atoms with Gasteiger partial charge in [-0.1, -0.05) is 12.1 Å². The smallest absolute Gasteiger partial charge is 0.260 e. The Morgan fingerprint density at radius 1 is 1.02 bits per heavy atom. The molecule has 1 spiro atoms. The van der Waals surface area contributed by atoms with Crippen LogP contribution < -0.4 is 10.2 Å². The van der Waals surface area contributed by atoms with Gasteiger partial charge in [-0.25, -0.2) is 4.98 Å². The van der Waals surface area contributed by atoms with Gasteiger partial charge in [-0.05, 0) is 89.9 Å². The number of carbonyl (C=O) groups is 1. The number of nitrogens with one attached hydrogen (secondary N) is 1. The maximum absolute atomic E-state index is 13.9. The van der Waals surface area contributed by atoms with Gasteiger partial charge in [0.1, 0.15) is 18.0 Å². The van der Waals surface area contributed by atoms with Crippen LogP contribution in [0.5, 0.6) is 0 Å². The molecular weight excluding hydrogens is 538 g/mol. The van der Waals surface area contributed by atoms with Crippen LogP contribution in [0.15, 0.2) is 54.9 Å². The summed E-state index contributed by atoms with van der Waals surface area (Å²) in [7, 11) is 1.87. The fraction of sp³-hybridized carbons (Fsp3) is 0.333. The molecule has 3 aliphatic rings. The third-order valence-electron chi connectivity index (χ3n) is 8.90. The van der Waals surface area contributed by atoms with Crippen molar-refractivity contribution in [1.82, 2.24) is 24.6 Å². The molecule has 7 rings (SSSR count). The van der Waals surface area contributed by atoms with Crippen molar-refractivity contribution in [3.05, 3.63) is 77.1 Å². The summed E-state index contributed by atoms with van der Waals surface area (Å²) in [6.45, 7) is 3.98. The molecule has 1 saturated heterocycles. The summed E-state index contributed by atoms with van der Waals surface area (Å²) in [4.78, 5) is 22.9. The SMILES string of the molecule is Cn1cnnc1-c1ccc(C#N)cc1-c1cc(NCCC#N)nc(N2Cc3ccc(CN4CCC5(CC5)C4)cc3C2=O)c1. The molecule has 10 nitrogen and oxygen atoms in total. The van der Waals surface area contributed by atoms with Crippen LogP contribution in [-0.2, 0) is 20.1 Å². The van der Waals surface area contributed by atoms with E-state index in [4.69, 9.17) is 10.2 Å². The zero-order chi connectivity index (χ0) is 29.6. The van der Waals surface area contributed by atoms with Crippen LogP contribution >= 0.6 is 0 Å². The fourth-order valence-corrected chi connectivity index (χ4v) is 6.36. The summed E-state index contributed by atoms with van der Waals surface area (Å²) in [5.74, 6) is 1.62. The van der Waals surface area contributed by atoms with Crippen molar-refractivity contribution < 1.29 is 4.79 Å². The maximum Gasteiger partial charge on any atom is 0.260 e. The van der Waals surface area contributed by atoms with E-state index in [-0.39, 0.29) is 5.91 Å². The first-order valence-corrected chi connectivity index (χ1v) is 14.6. The van der Waals surface area contributed by atoms with Crippen molar-refractivity contribution in [1.29, 1.82) is 10.5 Å². The highest BCUT2D eigenvalue weighted by Crippen LogP contribution is 2.52. The second-order valence-electron chi connectivity index (χ2n) is 11.9. The normalized spacial score (nSPS) is 16.7. The summed E-state index contributed by atoms with van der Waals surface area (Å²) < 4.78 is 1.82. The van der Waals surface area contributed by atoms with Gasteiger partial charge in [-0.15, -0.1) is 10.2 Å². The Balaban J connectivity index is 1.24. The molecule has 2 aromatic heterocycles. The van der Waals surface area contributed by atoms with Gasteiger partial charge in [0.2, 0.25) is 0 Å². The minimum Gasteiger partial charge on any atom is -0.369 e. The van der Waals surface area contributed by atoms with E-state index in [0.717, 1.165) is 53.0 Å². The molecule has 4 heterocycles. The molecule has 1 saturated carbocycles. The highest BCUT2D eigenvalue weighted by molar-refractivity contribution is 6.10. The number of nitriles is 2. The summed E-state index contributed by atoms with van der Waals surface area (Å²) >= 11 is 0. The molecule has 10 heteroatoms. The molecule has 2 aliphatic heterocycles. The Morgan fingerprint density at radius 3 is 2.65 bits per heavy atom. The zero-order valence-electron chi connectivity index (χ0n) is 24.0.